The fourth-order valence-corrected chi connectivity index (χ4v) is 5.63. The quantitative estimate of drug-likeness (QED) is 0.484. The zero-order valence-corrected chi connectivity index (χ0v) is 19.1. The number of hydrogen-bond acceptors (Lipinski definition) is 5. The second-order valence-corrected chi connectivity index (χ2v) is 9.46. The molecule has 0 radical (unpaired) electrons. The highest BCUT2D eigenvalue weighted by Gasteiger charge is 2.33. The Kier molecular flexibility index (Phi) is 5.62. The number of carbonyl (C=O) groups excluding carboxylic acids is 1. The zero-order chi connectivity index (χ0) is 22.9. The van der Waals surface area contributed by atoms with Crippen LogP contribution in [0.2, 0.25) is 0 Å². The summed E-state index contributed by atoms with van der Waals surface area (Å²) in [5.41, 5.74) is 2.14. The minimum Gasteiger partial charge on any atom is -0.322 e. The number of fused-ring (bicyclic) bond motifs is 1. The highest BCUT2D eigenvalue weighted by Crippen LogP contribution is 2.33. The predicted molar refractivity (Wildman–Crippen MR) is 130 cm³/mol. The summed E-state index contributed by atoms with van der Waals surface area (Å²) in [4.78, 5) is 32.8. The topological polar surface area (TPSA) is 63.5 Å². The number of halogens is 1. The SMILES string of the molecule is CC1=C(C(=O)Nc2ccccc2)C(c2cccs2)n2c(s/c(=C/c3ccc(F)cc3)c2=O)=N1. The molecule has 2 aromatic heterocycles. The Morgan fingerprint density at radius 3 is 2.55 bits per heavy atom. The Morgan fingerprint density at radius 1 is 1.09 bits per heavy atom. The van der Waals surface area contributed by atoms with Crippen LogP contribution >= 0.6 is 22.7 Å². The molecule has 4 aromatic rings. The van der Waals surface area contributed by atoms with E-state index in [2.05, 4.69) is 10.3 Å². The van der Waals surface area contributed by atoms with E-state index in [1.165, 1.54) is 34.8 Å². The first-order valence-corrected chi connectivity index (χ1v) is 11.9. The number of benzene rings is 2. The molecule has 5 nitrogen and oxygen atoms in total. The fourth-order valence-electron chi connectivity index (χ4n) is 3.76. The van der Waals surface area contributed by atoms with Crippen LogP contribution in [0.15, 0.2) is 93.2 Å². The summed E-state index contributed by atoms with van der Waals surface area (Å²) in [7, 11) is 0. The van der Waals surface area contributed by atoms with E-state index in [1.807, 2.05) is 47.8 Å². The molecule has 0 fully saturated rings. The third-order valence-electron chi connectivity index (χ3n) is 5.28. The van der Waals surface area contributed by atoms with Crippen molar-refractivity contribution in [1.82, 2.24) is 4.57 Å². The van der Waals surface area contributed by atoms with Gasteiger partial charge >= 0.3 is 0 Å². The molecule has 8 heteroatoms. The molecule has 1 atom stereocenters. The van der Waals surface area contributed by atoms with Crippen molar-refractivity contribution in [3.05, 3.63) is 119 Å². The maximum atomic E-state index is 13.5. The number of nitrogens with zero attached hydrogens (tertiary/aromatic N) is 2. The lowest BCUT2D eigenvalue weighted by Gasteiger charge is -2.24. The minimum atomic E-state index is -0.583. The molecule has 0 saturated heterocycles. The summed E-state index contributed by atoms with van der Waals surface area (Å²) in [5, 5.41) is 4.85. The molecule has 1 aliphatic heterocycles. The highest BCUT2D eigenvalue weighted by molar-refractivity contribution is 7.10. The number of allylic oxidation sites excluding steroid dienone is 1. The van der Waals surface area contributed by atoms with E-state index in [9.17, 15) is 14.0 Å². The molecule has 3 heterocycles. The Bertz CT molecular complexity index is 1530. The van der Waals surface area contributed by atoms with Crippen molar-refractivity contribution in [2.75, 3.05) is 5.32 Å². The van der Waals surface area contributed by atoms with Crippen molar-refractivity contribution in [3.63, 3.8) is 0 Å². The summed E-state index contributed by atoms with van der Waals surface area (Å²) >= 11 is 2.74. The van der Waals surface area contributed by atoms with Crippen LogP contribution in [0.4, 0.5) is 10.1 Å². The largest absolute Gasteiger partial charge is 0.322 e. The van der Waals surface area contributed by atoms with Crippen LogP contribution < -0.4 is 20.2 Å². The number of anilines is 1. The van der Waals surface area contributed by atoms with Gasteiger partial charge in [-0.25, -0.2) is 9.38 Å². The van der Waals surface area contributed by atoms with Crippen molar-refractivity contribution in [3.8, 4) is 0 Å². The molecule has 1 amide bonds. The average molecular weight is 476 g/mol. The monoisotopic (exact) mass is 475 g/mol. The molecule has 1 aliphatic rings. The van der Waals surface area contributed by atoms with Gasteiger partial charge in [0.2, 0.25) is 0 Å². The van der Waals surface area contributed by atoms with Crippen LogP contribution in [0.5, 0.6) is 0 Å². The molecule has 1 N–H and O–H groups in total. The summed E-state index contributed by atoms with van der Waals surface area (Å²) in [6.45, 7) is 1.79. The van der Waals surface area contributed by atoms with Gasteiger partial charge in [0.25, 0.3) is 11.5 Å². The van der Waals surface area contributed by atoms with Crippen molar-refractivity contribution in [2.24, 2.45) is 4.99 Å². The molecule has 0 bridgehead atoms. The van der Waals surface area contributed by atoms with E-state index in [-0.39, 0.29) is 17.3 Å². The second-order valence-electron chi connectivity index (χ2n) is 7.47. The summed E-state index contributed by atoms with van der Waals surface area (Å²) in [6.07, 6.45) is 1.72. The molecule has 1 unspecified atom stereocenters. The zero-order valence-electron chi connectivity index (χ0n) is 17.5. The lowest BCUT2D eigenvalue weighted by Crippen LogP contribution is -2.40. The van der Waals surface area contributed by atoms with Gasteiger partial charge in [0.1, 0.15) is 11.9 Å². The van der Waals surface area contributed by atoms with Gasteiger partial charge in [-0.05, 0) is 54.3 Å². The van der Waals surface area contributed by atoms with Gasteiger partial charge in [-0.2, -0.15) is 0 Å². The number of para-hydroxylation sites is 1. The molecule has 33 heavy (non-hydrogen) atoms. The summed E-state index contributed by atoms with van der Waals surface area (Å²) in [5.74, 6) is -0.635. The standard InChI is InChI=1S/C25H18FN3O2S2/c1-15-21(23(30)28-18-6-3-2-4-7-18)22(19-8-5-13-32-19)29-24(31)20(33-25(29)27-15)14-16-9-11-17(26)12-10-16/h2-14,22H,1H3,(H,28,30)/b20-14+. The highest BCUT2D eigenvalue weighted by atomic mass is 32.1. The van der Waals surface area contributed by atoms with E-state index in [1.54, 1.807) is 29.7 Å². The number of hydrogen-bond donors (Lipinski definition) is 1. The van der Waals surface area contributed by atoms with E-state index >= 15 is 0 Å². The maximum Gasteiger partial charge on any atom is 0.271 e. The van der Waals surface area contributed by atoms with E-state index in [4.69, 9.17) is 0 Å². The summed E-state index contributed by atoms with van der Waals surface area (Å²) < 4.78 is 15.3. The number of rotatable bonds is 4. The van der Waals surface area contributed by atoms with Crippen LogP contribution in [0.1, 0.15) is 23.4 Å². The lowest BCUT2D eigenvalue weighted by atomic mass is 10.0. The van der Waals surface area contributed by atoms with Gasteiger partial charge in [-0.1, -0.05) is 47.7 Å². The third kappa shape index (κ3) is 4.10. The van der Waals surface area contributed by atoms with Crippen LogP contribution in [-0.2, 0) is 4.79 Å². The average Bonchev–Trinajstić information content (AvgIpc) is 3.44. The number of nitrogens with one attached hydrogen (secondary N) is 1. The van der Waals surface area contributed by atoms with Gasteiger partial charge in [0.15, 0.2) is 4.80 Å². The van der Waals surface area contributed by atoms with Crippen molar-refractivity contribution < 1.29 is 9.18 Å². The van der Waals surface area contributed by atoms with E-state index < -0.39 is 6.04 Å². The fraction of sp³-hybridized carbons (Fsp3) is 0.0800. The smallest absolute Gasteiger partial charge is 0.271 e. The predicted octanol–water partition coefficient (Wildman–Crippen LogP) is 4.07. The first-order chi connectivity index (χ1) is 16.0. The molecule has 5 rings (SSSR count). The first-order valence-electron chi connectivity index (χ1n) is 10.2. The number of thiophene rings is 1. The van der Waals surface area contributed by atoms with E-state index in [0.717, 1.165) is 4.88 Å². The number of carbonyl (C=O) groups is 1. The van der Waals surface area contributed by atoms with Crippen LogP contribution in [-0.4, -0.2) is 10.5 Å². The van der Waals surface area contributed by atoms with Crippen LogP contribution in [0.25, 0.3) is 6.08 Å². The first kappa shape index (κ1) is 21.2. The third-order valence-corrected chi connectivity index (χ3v) is 7.19. The molecular formula is C25H18FN3O2S2. The van der Waals surface area contributed by atoms with Crippen molar-refractivity contribution in [2.45, 2.75) is 13.0 Å². The number of amides is 1. The molecule has 0 aliphatic carbocycles. The Labute approximate surface area is 196 Å². The second kappa shape index (κ2) is 8.73. The number of thiazole rings is 1. The van der Waals surface area contributed by atoms with Crippen molar-refractivity contribution in [1.29, 1.82) is 0 Å². The Morgan fingerprint density at radius 2 is 1.85 bits per heavy atom. The van der Waals surface area contributed by atoms with Gasteiger partial charge in [-0.3, -0.25) is 14.2 Å². The molecule has 2 aromatic carbocycles. The normalized spacial score (nSPS) is 15.8. The van der Waals surface area contributed by atoms with Crippen LogP contribution in [0, 0.1) is 5.82 Å². The lowest BCUT2D eigenvalue weighted by molar-refractivity contribution is -0.113. The minimum absolute atomic E-state index is 0.237. The van der Waals surface area contributed by atoms with Crippen molar-refractivity contribution >= 4 is 40.3 Å². The Hall–Kier alpha value is -3.62. The van der Waals surface area contributed by atoms with Gasteiger partial charge in [0, 0.05) is 10.6 Å². The van der Waals surface area contributed by atoms with Gasteiger partial charge < -0.3 is 5.32 Å². The van der Waals surface area contributed by atoms with E-state index in [0.29, 0.717) is 31.9 Å². The van der Waals surface area contributed by atoms with Crippen LogP contribution in [0.3, 0.4) is 0 Å². The maximum absolute atomic E-state index is 13.5. The Balaban J connectivity index is 1.65. The van der Waals surface area contributed by atoms with Gasteiger partial charge in [-0.15, -0.1) is 11.3 Å². The number of aromatic nitrogens is 1. The molecule has 0 saturated carbocycles. The van der Waals surface area contributed by atoms with Gasteiger partial charge in [0.05, 0.1) is 15.8 Å². The summed E-state index contributed by atoms with van der Waals surface area (Å²) in [6, 6.07) is 18.4. The molecule has 0 spiro atoms. The molecular weight excluding hydrogens is 457 g/mol. The molecule has 164 valence electrons.